The number of rotatable bonds is 7. The van der Waals surface area contributed by atoms with Gasteiger partial charge in [-0.3, -0.25) is 4.99 Å². The van der Waals surface area contributed by atoms with E-state index in [4.69, 9.17) is 9.73 Å². The smallest absolute Gasteiger partial charge is 0.407 e. The lowest BCUT2D eigenvalue weighted by molar-refractivity contribution is 0.147. The van der Waals surface area contributed by atoms with Gasteiger partial charge in [0.1, 0.15) is 0 Å². The van der Waals surface area contributed by atoms with Gasteiger partial charge in [0.25, 0.3) is 0 Å². The fraction of sp³-hybridized carbons (Fsp3) is 0.889. The standard InChI is InChI=1S/C18H34N4O2.HI/c1-4-19-17(21-15-8-6-7-13(3)11-15)20-12-16(14-9-10-14)22-18(23)24-5-2;/h13-16H,4-12H2,1-3H3,(H,22,23)(H2,19,20,21);1H. The number of amides is 1. The molecule has 3 N–H and O–H groups in total. The highest BCUT2D eigenvalue weighted by Crippen LogP contribution is 2.32. The van der Waals surface area contributed by atoms with E-state index in [2.05, 4.69) is 29.8 Å². The van der Waals surface area contributed by atoms with Crippen molar-refractivity contribution in [1.82, 2.24) is 16.0 Å². The highest BCUT2D eigenvalue weighted by atomic mass is 127. The first-order chi connectivity index (χ1) is 11.6. The molecule has 2 fully saturated rings. The third-order valence-electron chi connectivity index (χ3n) is 4.84. The van der Waals surface area contributed by atoms with Crippen LogP contribution in [0.2, 0.25) is 0 Å². The summed E-state index contributed by atoms with van der Waals surface area (Å²) >= 11 is 0. The Hall–Kier alpha value is -0.730. The summed E-state index contributed by atoms with van der Waals surface area (Å²) in [5.41, 5.74) is 0. The number of hydrogen-bond acceptors (Lipinski definition) is 3. The molecule has 6 nitrogen and oxygen atoms in total. The molecule has 0 bridgehead atoms. The molecule has 25 heavy (non-hydrogen) atoms. The number of carbonyl (C=O) groups excluding carboxylic acids is 1. The number of ether oxygens (including phenoxy) is 1. The SMILES string of the molecule is CCNC(=NCC(NC(=O)OCC)C1CC1)NC1CCCC(C)C1.I. The quantitative estimate of drug-likeness (QED) is 0.306. The minimum atomic E-state index is -0.330. The Labute approximate surface area is 169 Å². The van der Waals surface area contributed by atoms with E-state index >= 15 is 0 Å². The molecule has 0 aromatic rings. The van der Waals surface area contributed by atoms with Gasteiger partial charge in [0.2, 0.25) is 0 Å². The van der Waals surface area contributed by atoms with Crippen molar-refractivity contribution in [3.8, 4) is 0 Å². The second-order valence-electron chi connectivity index (χ2n) is 7.14. The van der Waals surface area contributed by atoms with Gasteiger partial charge in [-0.1, -0.05) is 19.8 Å². The van der Waals surface area contributed by atoms with E-state index in [0.717, 1.165) is 31.3 Å². The van der Waals surface area contributed by atoms with Crippen LogP contribution in [0.3, 0.4) is 0 Å². The molecule has 0 saturated heterocycles. The monoisotopic (exact) mass is 466 g/mol. The van der Waals surface area contributed by atoms with E-state index in [1.54, 1.807) is 0 Å². The van der Waals surface area contributed by atoms with Gasteiger partial charge in [-0.25, -0.2) is 4.79 Å². The van der Waals surface area contributed by atoms with Crippen LogP contribution in [0.25, 0.3) is 0 Å². The summed E-state index contributed by atoms with van der Waals surface area (Å²) in [5.74, 6) is 2.19. The van der Waals surface area contributed by atoms with Crippen LogP contribution >= 0.6 is 24.0 Å². The summed E-state index contributed by atoms with van der Waals surface area (Å²) in [5, 5.41) is 9.87. The summed E-state index contributed by atoms with van der Waals surface area (Å²) in [6.07, 6.45) is 7.03. The molecule has 0 heterocycles. The van der Waals surface area contributed by atoms with Crippen molar-refractivity contribution in [3.05, 3.63) is 0 Å². The zero-order valence-electron chi connectivity index (χ0n) is 15.8. The van der Waals surface area contributed by atoms with Gasteiger partial charge in [-0.15, -0.1) is 24.0 Å². The number of hydrogen-bond donors (Lipinski definition) is 3. The summed E-state index contributed by atoms with van der Waals surface area (Å²) in [6.45, 7) is 8.06. The van der Waals surface area contributed by atoms with Crippen molar-refractivity contribution in [2.75, 3.05) is 19.7 Å². The number of guanidine groups is 1. The Kier molecular flexibility index (Phi) is 10.5. The molecular formula is C18H35IN4O2. The predicted molar refractivity (Wildman–Crippen MR) is 113 cm³/mol. The Morgan fingerprint density at radius 2 is 2.00 bits per heavy atom. The van der Waals surface area contributed by atoms with Crippen LogP contribution in [-0.2, 0) is 4.74 Å². The summed E-state index contributed by atoms with van der Waals surface area (Å²) < 4.78 is 5.01. The maximum atomic E-state index is 11.7. The third-order valence-corrected chi connectivity index (χ3v) is 4.84. The van der Waals surface area contributed by atoms with Crippen LogP contribution in [-0.4, -0.2) is 43.8 Å². The number of aliphatic imine (C=N–C) groups is 1. The predicted octanol–water partition coefficient (Wildman–Crippen LogP) is 3.26. The van der Waals surface area contributed by atoms with Crippen molar-refractivity contribution in [2.45, 2.75) is 71.4 Å². The van der Waals surface area contributed by atoms with Gasteiger partial charge in [0, 0.05) is 12.6 Å². The lowest BCUT2D eigenvalue weighted by Gasteiger charge is -2.29. The molecule has 2 rings (SSSR count). The topological polar surface area (TPSA) is 74.8 Å². The van der Waals surface area contributed by atoms with E-state index < -0.39 is 0 Å². The molecule has 2 saturated carbocycles. The third kappa shape index (κ3) is 8.46. The van der Waals surface area contributed by atoms with Crippen LogP contribution in [0.1, 0.15) is 59.3 Å². The summed E-state index contributed by atoms with van der Waals surface area (Å²) in [7, 11) is 0. The van der Waals surface area contributed by atoms with Crippen molar-refractivity contribution >= 4 is 36.0 Å². The highest BCUT2D eigenvalue weighted by Gasteiger charge is 2.32. The van der Waals surface area contributed by atoms with Gasteiger partial charge in [-0.05, 0) is 51.4 Å². The number of carbonyl (C=O) groups is 1. The molecule has 0 spiro atoms. The largest absolute Gasteiger partial charge is 0.450 e. The van der Waals surface area contributed by atoms with Gasteiger partial charge >= 0.3 is 6.09 Å². The van der Waals surface area contributed by atoms with E-state index in [1.165, 1.54) is 25.7 Å². The molecule has 7 heteroatoms. The number of nitrogens with zero attached hydrogens (tertiary/aromatic N) is 1. The normalized spacial score (nSPS) is 24.7. The zero-order chi connectivity index (χ0) is 17.4. The van der Waals surface area contributed by atoms with Gasteiger partial charge in [0.15, 0.2) is 5.96 Å². The van der Waals surface area contributed by atoms with Crippen LogP contribution < -0.4 is 16.0 Å². The van der Waals surface area contributed by atoms with E-state index in [9.17, 15) is 4.79 Å². The number of alkyl carbamates (subject to hydrolysis) is 1. The van der Waals surface area contributed by atoms with Crippen molar-refractivity contribution in [1.29, 1.82) is 0 Å². The van der Waals surface area contributed by atoms with Gasteiger partial charge in [-0.2, -0.15) is 0 Å². The number of nitrogens with one attached hydrogen (secondary N) is 3. The van der Waals surface area contributed by atoms with Crippen LogP contribution in [0.15, 0.2) is 4.99 Å². The van der Waals surface area contributed by atoms with Crippen LogP contribution in [0.5, 0.6) is 0 Å². The van der Waals surface area contributed by atoms with E-state index in [-0.39, 0.29) is 36.1 Å². The molecule has 3 unspecified atom stereocenters. The van der Waals surface area contributed by atoms with Crippen LogP contribution in [0.4, 0.5) is 4.79 Å². The maximum Gasteiger partial charge on any atom is 0.407 e. The Bertz CT molecular complexity index is 429. The minimum absolute atomic E-state index is 0. The van der Waals surface area contributed by atoms with Gasteiger partial charge in [0.05, 0.1) is 19.2 Å². The molecule has 0 aliphatic heterocycles. The lowest BCUT2D eigenvalue weighted by Crippen LogP contribution is -2.46. The molecule has 2 aliphatic carbocycles. The first-order valence-corrected chi connectivity index (χ1v) is 9.60. The molecule has 0 aromatic heterocycles. The van der Waals surface area contributed by atoms with Crippen molar-refractivity contribution in [3.63, 3.8) is 0 Å². The fourth-order valence-electron chi connectivity index (χ4n) is 3.40. The Balaban J connectivity index is 0.00000312. The highest BCUT2D eigenvalue weighted by molar-refractivity contribution is 14.0. The van der Waals surface area contributed by atoms with Gasteiger partial charge < -0.3 is 20.7 Å². The van der Waals surface area contributed by atoms with Crippen LogP contribution in [0, 0.1) is 11.8 Å². The molecule has 3 atom stereocenters. The van der Waals surface area contributed by atoms with E-state index in [1.807, 2.05) is 6.92 Å². The van der Waals surface area contributed by atoms with Crippen molar-refractivity contribution < 1.29 is 9.53 Å². The first kappa shape index (κ1) is 22.3. The lowest BCUT2D eigenvalue weighted by atomic mass is 9.87. The fourth-order valence-corrected chi connectivity index (χ4v) is 3.40. The minimum Gasteiger partial charge on any atom is -0.450 e. The first-order valence-electron chi connectivity index (χ1n) is 9.60. The Morgan fingerprint density at radius 1 is 1.24 bits per heavy atom. The molecule has 0 radical (unpaired) electrons. The molecule has 1 amide bonds. The second-order valence-corrected chi connectivity index (χ2v) is 7.14. The molecule has 2 aliphatic rings. The average molecular weight is 466 g/mol. The maximum absolute atomic E-state index is 11.7. The zero-order valence-corrected chi connectivity index (χ0v) is 18.2. The molecule has 0 aromatic carbocycles. The van der Waals surface area contributed by atoms with Crippen molar-refractivity contribution in [2.24, 2.45) is 16.8 Å². The number of halogens is 1. The molecule has 146 valence electrons. The summed E-state index contributed by atoms with van der Waals surface area (Å²) in [6, 6.07) is 0.578. The summed E-state index contributed by atoms with van der Waals surface area (Å²) in [4.78, 5) is 16.4. The second kappa shape index (κ2) is 11.8. The molecular weight excluding hydrogens is 431 g/mol. The van der Waals surface area contributed by atoms with E-state index in [0.29, 0.717) is 25.1 Å². The Morgan fingerprint density at radius 3 is 2.60 bits per heavy atom. The average Bonchev–Trinajstić information content (AvgIpc) is 3.36.